The molecule has 0 radical (unpaired) electrons. The van der Waals surface area contributed by atoms with Gasteiger partial charge in [-0.3, -0.25) is 9.48 Å². The van der Waals surface area contributed by atoms with Crippen LogP contribution in [0.25, 0.3) is 0 Å². The van der Waals surface area contributed by atoms with E-state index in [1.165, 1.54) is 15.6 Å². The molecule has 1 atom stereocenters. The molecule has 0 amide bonds. The molecule has 7 nitrogen and oxygen atoms in total. The first-order chi connectivity index (χ1) is 13.7. The van der Waals surface area contributed by atoms with Crippen molar-refractivity contribution in [3.63, 3.8) is 0 Å². The Hall–Kier alpha value is -3.14. The van der Waals surface area contributed by atoms with Crippen molar-refractivity contribution in [3.8, 4) is 0 Å². The molecular weight excluding hydrogens is 409 g/mol. The normalized spacial score (nSPS) is 16.6. The van der Waals surface area contributed by atoms with Crippen LogP contribution in [0.4, 0.5) is 19.1 Å². The second-order valence-corrected chi connectivity index (χ2v) is 6.96. The molecule has 3 heterocycles. The van der Waals surface area contributed by atoms with E-state index in [9.17, 15) is 18.0 Å². The zero-order valence-electron chi connectivity index (χ0n) is 15.2. The number of nitrogens with one attached hydrogen (secondary N) is 1. The highest BCUT2D eigenvalue weighted by Gasteiger charge is 2.46. The van der Waals surface area contributed by atoms with Crippen LogP contribution in [0.1, 0.15) is 27.7 Å². The zero-order chi connectivity index (χ0) is 20.9. The number of Topliss-reactive ketones (excluding diaryl/α,β-unsaturated/α-hetero) is 1. The maximum atomic E-state index is 14.0. The molecule has 1 aliphatic heterocycles. The predicted molar refractivity (Wildman–Crippen MR) is 98.6 cm³/mol. The summed E-state index contributed by atoms with van der Waals surface area (Å²) in [4.78, 5) is 17.2. The van der Waals surface area contributed by atoms with Gasteiger partial charge in [-0.25, -0.2) is 4.68 Å². The number of alkyl halides is 3. The van der Waals surface area contributed by atoms with Crippen molar-refractivity contribution in [1.29, 1.82) is 0 Å². The van der Waals surface area contributed by atoms with Crippen LogP contribution in [-0.2, 0) is 7.05 Å². The third-order valence-electron chi connectivity index (χ3n) is 4.57. The molecule has 1 aromatic carbocycles. The largest absolute Gasteiger partial charge is 0.431 e. The third-order valence-corrected chi connectivity index (χ3v) is 4.82. The Kier molecular flexibility index (Phi) is 4.45. The molecule has 1 aliphatic rings. The maximum absolute atomic E-state index is 14.0. The van der Waals surface area contributed by atoms with Gasteiger partial charge >= 0.3 is 6.18 Å². The lowest BCUT2D eigenvalue weighted by molar-refractivity contribution is -0.0918. The molecular formula is C18H14ClF3N6O. The number of fused-ring (bicyclic) bond motifs is 1. The Labute approximate surface area is 167 Å². The maximum Gasteiger partial charge on any atom is 0.431 e. The van der Waals surface area contributed by atoms with E-state index >= 15 is 0 Å². The highest BCUT2D eigenvalue weighted by Crippen LogP contribution is 2.42. The van der Waals surface area contributed by atoms with Crippen LogP contribution in [-0.4, -0.2) is 36.5 Å². The summed E-state index contributed by atoms with van der Waals surface area (Å²) in [6.07, 6.45) is -2.29. The smallest absolute Gasteiger partial charge is 0.320 e. The topological polar surface area (TPSA) is 77.6 Å². The van der Waals surface area contributed by atoms with Gasteiger partial charge in [0.25, 0.3) is 0 Å². The molecule has 0 unspecified atom stereocenters. The first kappa shape index (κ1) is 19.2. The minimum absolute atomic E-state index is 0.0774. The zero-order valence-corrected chi connectivity index (χ0v) is 16.0. The Morgan fingerprint density at radius 3 is 2.52 bits per heavy atom. The number of anilines is 1. The summed E-state index contributed by atoms with van der Waals surface area (Å²) in [5.74, 6) is -0.909. The van der Waals surface area contributed by atoms with Gasteiger partial charge in [-0.1, -0.05) is 23.7 Å². The highest BCUT2D eigenvalue weighted by atomic mass is 35.5. The standard InChI is InChI=1S/C18H14ClF3N6O/c1-9-12(7-27(2)26-9)15(29)13-14(10-3-5-11(19)6-4-10)28-17(23-8-24-28)25-16(13)18(20,21)22/h3-8,14H,1-2H3,(H,23,24,25)/t14-/m0/s1. The Morgan fingerprint density at radius 2 is 1.93 bits per heavy atom. The average molecular weight is 423 g/mol. The van der Waals surface area contributed by atoms with Gasteiger partial charge in [-0.15, -0.1) is 0 Å². The van der Waals surface area contributed by atoms with Crippen molar-refractivity contribution in [2.45, 2.75) is 19.1 Å². The van der Waals surface area contributed by atoms with E-state index in [0.717, 1.165) is 6.33 Å². The summed E-state index contributed by atoms with van der Waals surface area (Å²) in [7, 11) is 1.59. The van der Waals surface area contributed by atoms with E-state index < -0.39 is 29.3 Å². The van der Waals surface area contributed by atoms with Gasteiger partial charge in [0.05, 0.1) is 16.8 Å². The fourth-order valence-electron chi connectivity index (χ4n) is 3.35. The van der Waals surface area contributed by atoms with Gasteiger partial charge in [0, 0.05) is 18.3 Å². The van der Waals surface area contributed by atoms with Crippen molar-refractivity contribution in [2.75, 3.05) is 5.32 Å². The first-order valence-electron chi connectivity index (χ1n) is 8.45. The van der Waals surface area contributed by atoms with E-state index in [-0.39, 0.29) is 11.5 Å². The lowest BCUT2D eigenvalue weighted by atomic mass is 9.89. The van der Waals surface area contributed by atoms with Crippen molar-refractivity contribution >= 4 is 23.3 Å². The number of aryl methyl sites for hydroxylation is 2. The minimum atomic E-state index is -4.82. The van der Waals surface area contributed by atoms with Crippen LogP contribution in [0.3, 0.4) is 0 Å². The number of hydrogen-bond donors (Lipinski definition) is 1. The Bertz CT molecular complexity index is 1130. The van der Waals surface area contributed by atoms with Gasteiger partial charge in [-0.2, -0.15) is 28.4 Å². The fourth-order valence-corrected chi connectivity index (χ4v) is 3.47. The summed E-state index contributed by atoms with van der Waals surface area (Å²) >= 11 is 5.93. The summed E-state index contributed by atoms with van der Waals surface area (Å²) in [5, 5.41) is 10.8. The average Bonchev–Trinajstić information content (AvgIpc) is 3.25. The van der Waals surface area contributed by atoms with Crippen LogP contribution < -0.4 is 5.32 Å². The number of allylic oxidation sites excluding steroid dienone is 2. The molecule has 0 bridgehead atoms. The van der Waals surface area contributed by atoms with Crippen LogP contribution in [0.2, 0.25) is 5.02 Å². The molecule has 2 aromatic heterocycles. The van der Waals surface area contributed by atoms with E-state index in [2.05, 4.69) is 20.5 Å². The molecule has 0 saturated carbocycles. The molecule has 0 aliphatic carbocycles. The molecule has 4 rings (SSSR count). The Balaban J connectivity index is 1.98. The minimum Gasteiger partial charge on any atom is -0.320 e. The third kappa shape index (κ3) is 3.29. The second-order valence-electron chi connectivity index (χ2n) is 6.52. The molecule has 29 heavy (non-hydrogen) atoms. The number of carbonyl (C=O) groups excluding carboxylic acids is 1. The highest BCUT2D eigenvalue weighted by molar-refractivity contribution is 6.30. The SMILES string of the molecule is Cc1nn(C)cc1C(=O)C1=C(C(F)(F)F)Nc2ncnn2[C@H]1c1ccc(Cl)cc1. The van der Waals surface area contributed by atoms with Gasteiger partial charge in [0.2, 0.25) is 5.95 Å². The molecule has 0 spiro atoms. The molecule has 0 saturated heterocycles. The number of nitrogens with zero attached hydrogens (tertiary/aromatic N) is 5. The number of benzene rings is 1. The molecule has 1 N–H and O–H groups in total. The molecule has 11 heteroatoms. The first-order valence-corrected chi connectivity index (χ1v) is 8.83. The number of aromatic nitrogens is 5. The molecule has 0 fully saturated rings. The monoisotopic (exact) mass is 422 g/mol. The quantitative estimate of drug-likeness (QED) is 0.651. The molecule has 150 valence electrons. The van der Waals surface area contributed by atoms with Crippen molar-refractivity contribution in [2.24, 2.45) is 7.05 Å². The lowest BCUT2D eigenvalue weighted by Crippen LogP contribution is -2.35. The summed E-state index contributed by atoms with van der Waals surface area (Å²) in [6, 6.07) is 5.05. The van der Waals surface area contributed by atoms with Gasteiger partial charge in [0.15, 0.2) is 5.78 Å². The molecule has 3 aromatic rings. The van der Waals surface area contributed by atoms with Gasteiger partial charge in [-0.05, 0) is 24.6 Å². The Morgan fingerprint density at radius 1 is 1.24 bits per heavy atom. The van der Waals surface area contributed by atoms with Gasteiger partial charge in [0.1, 0.15) is 18.1 Å². The summed E-state index contributed by atoms with van der Waals surface area (Å²) in [6.45, 7) is 1.56. The number of ketones is 1. The van der Waals surface area contributed by atoms with E-state index in [1.807, 2.05) is 0 Å². The predicted octanol–water partition coefficient (Wildman–Crippen LogP) is 3.69. The van der Waals surface area contributed by atoms with Crippen molar-refractivity contribution in [3.05, 3.63) is 69.9 Å². The number of rotatable bonds is 3. The van der Waals surface area contributed by atoms with E-state index in [0.29, 0.717) is 16.3 Å². The van der Waals surface area contributed by atoms with Crippen molar-refractivity contribution < 1.29 is 18.0 Å². The number of hydrogen-bond acceptors (Lipinski definition) is 5. The fraction of sp³-hybridized carbons (Fsp3) is 0.222. The summed E-state index contributed by atoms with van der Waals surface area (Å²) in [5.41, 5.74) is -0.853. The number of halogens is 4. The van der Waals surface area contributed by atoms with Crippen LogP contribution in [0.15, 0.2) is 48.1 Å². The van der Waals surface area contributed by atoms with Crippen LogP contribution >= 0.6 is 11.6 Å². The van der Waals surface area contributed by atoms with Gasteiger partial charge < -0.3 is 5.32 Å². The van der Waals surface area contributed by atoms with E-state index in [1.54, 1.807) is 38.2 Å². The van der Waals surface area contributed by atoms with E-state index in [4.69, 9.17) is 11.6 Å². The van der Waals surface area contributed by atoms with Crippen LogP contribution in [0, 0.1) is 6.92 Å². The van der Waals surface area contributed by atoms with Crippen molar-refractivity contribution in [1.82, 2.24) is 24.5 Å². The lowest BCUT2D eigenvalue weighted by Gasteiger charge is -2.30. The second kappa shape index (κ2) is 6.73. The summed E-state index contributed by atoms with van der Waals surface area (Å²) < 4.78 is 44.5. The van der Waals surface area contributed by atoms with Crippen LogP contribution in [0.5, 0.6) is 0 Å². The number of carbonyl (C=O) groups is 1.